The van der Waals surface area contributed by atoms with Gasteiger partial charge in [-0.3, -0.25) is 4.79 Å². The number of halogens is 1. The van der Waals surface area contributed by atoms with Gasteiger partial charge in [0.1, 0.15) is 5.75 Å². The Bertz CT molecular complexity index is 594. The summed E-state index contributed by atoms with van der Waals surface area (Å²) in [5.41, 5.74) is 1.22. The maximum Gasteiger partial charge on any atom is 0.193 e. The molecule has 2 aromatic carbocycles. The highest BCUT2D eigenvalue weighted by Gasteiger charge is 2.11. The summed E-state index contributed by atoms with van der Waals surface area (Å²) in [4.78, 5) is 13.4. The molecule has 0 radical (unpaired) electrons. The van der Waals surface area contributed by atoms with Crippen molar-refractivity contribution in [3.05, 3.63) is 58.6 Å². The molecule has 0 saturated carbocycles. The van der Waals surface area contributed by atoms with Gasteiger partial charge in [0.15, 0.2) is 5.78 Å². The fraction of sp³-hybridized carbons (Fsp3) is 0.133. The molecule has 2 rings (SSSR count). The van der Waals surface area contributed by atoms with E-state index >= 15 is 0 Å². The molecular weight excluding hydrogens is 280 g/mol. The Balaban J connectivity index is 2.32. The molecule has 0 aromatic heterocycles. The number of carbonyl (C=O) groups is 1. The van der Waals surface area contributed by atoms with Crippen molar-refractivity contribution in [2.24, 2.45) is 0 Å². The first-order chi connectivity index (χ1) is 9.15. The van der Waals surface area contributed by atoms with Crippen LogP contribution in [0.1, 0.15) is 15.9 Å². The second-order valence-corrected chi connectivity index (χ2v) is 5.19. The maximum atomic E-state index is 12.3. The van der Waals surface area contributed by atoms with E-state index in [2.05, 4.69) is 0 Å². The molecule has 0 atom stereocenters. The van der Waals surface area contributed by atoms with Gasteiger partial charge in [0.2, 0.25) is 0 Å². The lowest BCUT2D eigenvalue weighted by Gasteiger charge is -2.06. The fourth-order valence-corrected chi connectivity index (χ4v) is 2.31. The van der Waals surface area contributed by atoms with Crippen LogP contribution >= 0.6 is 23.4 Å². The molecule has 0 fully saturated rings. The molecule has 0 saturated heterocycles. The highest BCUT2D eigenvalue weighted by atomic mass is 35.5. The van der Waals surface area contributed by atoms with Crippen LogP contribution < -0.4 is 4.74 Å². The van der Waals surface area contributed by atoms with E-state index in [1.54, 1.807) is 30.0 Å². The first-order valence-electron chi connectivity index (χ1n) is 5.68. The Hall–Kier alpha value is -1.45. The van der Waals surface area contributed by atoms with Crippen molar-refractivity contribution in [1.82, 2.24) is 0 Å². The minimum Gasteiger partial charge on any atom is -0.495 e. The van der Waals surface area contributed by atoms with Gasteiger partial charge in [0.25, 0.3) is 0 Å². The first kappa shape index (κ1) is 14.0. The van der Waals surface area contributed by atoms with Crippen molar-refractivity contribution in [3.8, 4) is 5.75 Å². The number of hydrogen-bond acceptors (Lipinski definition) is 3. The molecular formula is C15H13ClO2S. The van der Waals surface area contributed by atoms with Crippen molar-refractivity contribution < 1.29 is 9.53 Å². The number of rotatable bonds is 4. The van der Waals surface area contributed by atoms with Gasteiger partial charge < -0.3 is 4.74 Å². The SMILES string of the molecule is COc1cc(C(=O)c2ccc(SC)cc2)ccc1Cl. The Kier molecular flexibility index (Phi) is 4.51. The van der Waals surface area contributed by atoms with Crippen LogP contribution in [0.4, 0.5) is 0 Å². The van der Waals surface area contributed by atoms with Crippen LogP contribution in [0.2, 0.25) is 5.02 Å². The Morgan fingerprint density at radius 2 is 1.74 bits per heavy atom. The van der Waals surface area contributed by atoms with Crippen molar-refractivity contribution in [2.75, 3.05) is 13.4 Å². The molecule has 2 aromatic rings. The van der Waals surface area contributed by atoms with E-state index in [9.17, 15) is 4.79 Å². The molecule has 0 aliphatic rings. The Morgan fingerprint density at radius 3 is 2.32 bits per heavy atom. The Labute approximate surface area is 121 Å². The van der Waals surface area contributed by atoms with Crippen LogP contribution in [-0.2, 0) is 0 Å². The summed E-state index contributed by atoms with van der Waals surface area (Å²) in [5.74, 6) is 0.468. The predicted octanol–water partition coefficient (Wildman–Crippen LogP) is 4.30. The molecule has 0 heterocycles. The van der Waals surface area contributed by atoms with E-state index < -0.39 is 0 Å². The van der Waals surface area contributed by atoms with Crippen LogP contribution in [0.3, 0.4) is 0 Å². The van der Waals surface area contributed by atoms with Gasteiger partial charge in [-0.25, -0.2) is 0 Å². The van der Waals surface area contributed by atoms with Crippen molar-refractivity contribution in [1.29, 1.82) is 0 Å². The lowest BCUT2D eigenvalue weighted by atomic mass is 10.0. The minimum absolute atomic E-state index is 0.0392. The van der Waals surface area contributed by atoms with Gasteiger partial charge >= 0.3 is 0 Å². The number of ketones is 1. The molecule has 0 aliphatic heterocycles. The summed E-state index contributed by atoms with van der Waals surface area (Å²) < 4.78 is 5.12. The number of ether oxygens (including phenoxy) is 1. The number of hydrogen-bond donors (Lipinski definition) is 0. The smallest absolute Gasteiger partial charge is 0.193 e. The molecule has 0 aliphatic carbocycles. The van der Waals surface area contributed by atoms with Gasteiger partial charge in [-0.05, 0) is 48.7 Å². The number of carbonyl (C=O) groups excluding carboxylic acids is 1. The zero-order chi connectivity index (χ0) is 13.8. The van der Waals surface area contributed by atoms with Crippen molar-refractivity contribution >= 4 is 29.1 Å². The molecule has 2 nitrogen and oxygen atoms in total. The quantitative estimate of drug-likeness (QED) is 0.621. The highest BCUT2D eigenvalue weighted by Crippen LogP contribution is 2.26. The summed E-state index contributed by atoms with van der Waals surface area (Å²) in [6.45, 7) is 0. The molecule has 19 heavy (non-hydrogen) atoms. The van der Waals surface area contributed by atoms with Crippen LogP contribution in [0, 0.1) is 0 Å². The monoisotopic (exact) mass is 292 g/mol. The zero-order valence-electron chi connectivity index (χ0n) is 10.6. The van der Waals surface area contributed by atoms with Crippen molar-refractivity contribution in [2.45, 2.75) is 4.90 Å². The maximum absolute atomic E-state index is 12.3. The van der Waals surface area contributed by atoms with Gasteiger partial charge in [-0.1, -0.05) is 11.6 Å². The normalized spacial score (nSPS) is 10.3. The standard InChI is InChI=1S/C15H13ClO2S/c1-18-14-9-11(5-8-13(14)16)15(17)10-3-6-12(19-2)7-4-10/h3-9H,1-2H3. The number of thioether (sulfide) groups is 1. The third-order valence-corrected chi connectivity index (χ3v) is 3.82. The minimum atomic E-state index is -0.0392. The summed E-state index contributed by atoms with van der Waals surface area (Å²) in [5, 5.41) is 0.497. The molecule has 0 unspecified atom stereocenters. The molecule has 4 heteroatoms. The van der Waals surface area contributed by atoms with Crippen LogP contribution in [-0.4, -0.2) is 19.1 Å². The van der Waals surface area contributed by atoms with E-state index in [-0.39, 0.29) is 5.78 Å². The first-order valence-corrected chi connectivity index (χ1v) is 7.28. The summed E-state index contributed by atoms with van der Waals surface area (Å²) >= 11 is 7.59. The third-order valence-electron chi connectivity index (χ3n) is 2.77. The number of benzene rings is 2. The van der Waals surface area contributed by atoms with E-state index in [1.165, 1.54) is 7.11 Å². The van der Waals surface area contributed by atoms with E-state index in [4.69, 9.17) is 16.3 Å². The average molecular weight is 293 g/mol. The summed E-state index contributed by atoms with van der Waals surface area (Å²) in [6, 6.07) is 12.6. The lowest BCUT2D eigenvalue weighted by molar-refractivity contribution is 0.103. The van der Waals surface area contributed by atoms with E-state index in [0.29, 0.717) is 21.9 Å². The fourth-order valence-electron chi connectivity index (χ4n) is 1.71. The summed E-state index contributed by atoms with van der Waals surface area (Å²) in [7, 11) is 1.53. The lowest BCUT2D eigenvalue weighted by Crippen LogP contribution is -2.01. The van der Waals surface area contributed by atoms with E-state index in [0.717, 1.165) is 4.90 Å². The second kappa shape index (κ2) is 6.13. The zero-order valence-corrected chi connectivity index (χ0v) is 12.2. The predicted molar refractivity (Wildman–Crippen MR) is 79.7 cm³/mol. The van der Waals surface area contributed by atoms with Gasteiger partial charge in [0.05, 0.1) is 12.1 Å². The largest absolute Gasteiger partial charge is 0.495 e. The molecule has 0 spiro atoms. The van der Waals surface area contributed by atoms with Crippen LogP contribution in [0.15, 0.2) is 47.4 Å². The highest BCUT2D eigenvalue weighted by molar-refractivity contribution is 7.98. The molecule has 0 amide bonds. The molecule has 98 valence electrons. The second-order valence-electron chi connectivity index (χ2n) is 3.91. The van der Waals surface area contributed by atoms with Gasteiger partial charge in [-0.15, -0.1) is 11.8 Å². The topological polar surface area (TPSA) is 26.3 Å². The molecule has 0 N–H and O–H groups in total. The van der Waals surface area contributed by atoms with E-state index in [1.807, 2.05) is 30.5 Å². The molecule has 0 bridgehead atoms. The van der Waals surface area contributed by atoms with Crippen LogP contribution in [0.25, 0.3) is 0 Å². The number of methoxy groups -OCH3 is 1. The average Bonchev–Trinajstić information content (AvgIpc) is 2.47. The third kappa shape index (κ3) is 3.11. The van der Waals surface area contributed by atoms with Crippen LogP contribution in [0.5, 0.6) is 5.75 Å². The van der Waals surface area contributed by atoms with Crippen molar-refractivity contribution in [3.63, 3.8) is 0 Å². The Morgan fingerprint density at radius 1 is 1.11 bits per heavy atom. The summed E-state index contributed by atoms with van der Waals surface area (Å²) in [6.07, 6.45) is 2.00. The van der Waals surface area contributed by atoms with Gasteiger partial charge in [-0.2, -0.15) is 0 Å². The van der Waals surface area contributed by atoms with Gasteiger partial charge in [0, 0.05) is 16.0 Å².